The Kier molecular flexibility index (Phi) is 4.65. The lowest BCUT2D eigenvalue weighted by atomic mass is 9.70. The van der Waals surface area contributed by atoms with Crippen molar-refractivity contribution in [1.29, 1.82) is 0 Å². The van der Waals surface area contributed by atoms with E-state index < -0.39 is 29.4 Å². The topological polar surface area (TPSA) is 109 Å². The maximum absolute atomic E-state index is 13.1. The van der Waals surface area contributed by atoms with Crippen molar-refractivity contribution in [3.8, 4) is 5.75 Å². The van der Waals surface area contributed by atoms with Gasteiger partial charge in [-0.2, -0.15) is 0 Å². The van der Waals surface area contributed by atoms with E-state index in [-0.39, 0.29) is 5.71 Å². The van der Waals surface area contributed by atoms with Gasteiger partial charge >= 0.3 is 6.03 Å². The molecule has 9 nitrogen and oxygen atoms in total. The molecule has 4 rings (SSSR count). The molecule has 0 aliphatic carbocycles. The predicted octanol–water partition coefficient (Wildman–Crippen LogP) is 1.59. The van der Waals surface area contributed by atoms with E-state index >= 15 is 0 Å². The summed E-state index contributed by atoms with van der Waals surface area (Å²) in [5, 5.41) is 8.49. The fourth-order valence-electron chi connectivity index (χ4n) is 3.66. The normalized spacial score (nSPS) is 19.6. The molecule has 0 bridgehead atoms. The highest BCUT2D eigenvalue weighted by Crippen LogP contribution is 2.47. The molecule has 2 aliphatic rings. The summed E-state index contributed by atoms with van der Waals surface area (Å²) < 4.78 is 5.17. The van der Waals surface area contributed by atoms with Crippen LogP contribution in [0.4, 0.5) is 10.5 Å². The lowest BCUT2D eigenvalue weighted by molar-refractivity contribution is -0.146. The van der Waals surface area contributed by atoms with Crippen LogP contribution in [0.3, 0.4) is 0 Å². The number of urea groups is 1. The van der Waals surface area contributed by atoms with Crippen LogP contribution in [0.1, 0.15) is 17.2 Å². The maximum Gasteiger partial charge on any atom is 0.328 e. The number of carbonyl (C=O) groups excluding carboxylic acids is 3. The molecule has 2 N–H and O–H groups in total. The molecule has 9 heteroatoms. The Labute approximate surface area is 172 Å². The van der Waals surface area contributed by atoms with Gasteiger partial charge in [0.1, 0.15) is 11.5 Å². The maximum atomic E-state index is 13.1. The third-order valence-electron chi connectivity index (χ3n) is 5.26. The van der Waals surface area contributed by atoms with E-state index in [1.165, 1.54) is 7.11 Å². The zero-order valence-corrected chi connectivity index (χ0v) is 16.6. The van der Waals surface area contributed by atoms with E-state index in [0.717, 1.165) is 5.69 Å². The fourth-order valence-corrected chi connectivity index (χ4v) is 3.66. The van der Waals surface area contributed by atoms with Crippen molar-refractivity contribution in [3.63, 3.8) is 0 Å². The molecule has 1 spiro atoms. The number of hydrogen-bond donors (Lipinski definition) is 2. The molecule has 1 unspecified atom stereocenters. The average Bonchev–Trinajstić information content (AvgIpc) is 3.13. The molecule has 1 saturated heterocycles. The number of nitrogens with zero attached hydrogens (tertiary/aromatic N) is 2. The van der Waals surface area contributed by atoms with Crippen LogP contribution in [0.25, 0.3) is 0 Å². The molecule has 2 heterocycles. The van der Waals surface area contributed by atoms with Crippen molar-refractivity contribution in [3.05, 3.63) is 59.7 Å². The SMILES string of the molecule is COc1ccc(C2=NOC(c3ccc(N(C)C)cc3)C23C(=O)NC(=O)NC3=O)cc1. The molecular formula is C21H20N4O5. The van der Waals surface area contributed by atoms with Crippen molar-refractivity contribution in [2.24, 2.45) is 10.6 Å². The second kappa shape index (κ2) is 7.18. The number of carbonyl (C=O) groups is 3. The van der Waals surface area contributed by atoms with E-state index in [4.69, 9.17) is 9.57 Å². The first kappa shape index (κ1) is 19.4. The second-order valence-corrected chi connectivity index (χ2v) is 7.19. The monoisotopic (exact) mass is 408 g/mol. The van der Waals surface area contributed by atoms with Gasteiger partial charge in [0.25, 0.3) is 11.8 Å². The van der Waals surface area contributed by atoms with Crippen LogP contribution in [0.15, 0.2) is 53.7 Å². The van der Waals surface area contributed by atoms with Crippen molar-refractivity contribution in [2.75, 3.05) is 26.1 Å². The molecular weight excluding hydrogens is 388 g/mol. The quantitative estimate of drug-likeness (QED) is 0.744. The Balaban J connectivity index is 1.82. The number of oxime groups is 1. The Hall–Kier alpha value is -3.88. The molecule has 4 amide bonds. The number of rotatable bonds is 4. The van der Waals surface area contributed by atoms with Crippen LogP contribution >= 0.6 is 0 Å². The van der Waals surface area contributed by atoms with E-state index in [1.807, 2.05) is 31.1 Å². The highest BCUT2D eigenvalue weighted by Gasteiger charge is 2.65. The van der Waals surface area contributed by atoms with Gasteiger partial charge in [0.2, 0.25) is 5.41 Å². The van der Waals surface area contributed by atoms with Gasteiger partial charge in [-0.15, -0.1) is 0 Å². The summed E-state index contributed by atoms with van der Waals surface area (Å²) in [6.45, 7) is 0. The van der Waals surface area contributed by atoms with E-state index in [1.54, 1.807) is 36.4 Å². The summed E-state index contributed by atoms with van der Waals surface area (Å²) in [7, 11) is 5.34. The van der Waals surface area contributed by atoms with E-state index in [9.17, 15) is 14.4 Å². The molecule has 1 atom stereocenters. The summed E-state index contributed by atoms with van der Waals surface area (Å²) in [4.78, 5) is 45.5. The van der Waals surface area contributed by atoms with Crippen molar-refractivity contribution >= 4 is 29.2 Å². The van der Waals surface area contributed by atoms with Gasteiger partial charge < -0.3 is 14.5 Å². The highest BCUT2D eigenvalue weighted by molar-refractivity contribution is 6.36. The number of ether oxygens (including phenoxy) is 1. The summed E-state index contributed by atoms with van der Waals surface area (Å²) >= 11 is 0. The van der Waals surface area contributed by atoms with Crippen LogP contribution in [0, 0.1) is 5.41 Å². The summed E-state index contributed by atoms with van der Waals surface area (Å²) in [6, 6.07) is 13.1. The van der Waals surface area contributed by atoms with Crippen LogP contribution in [0.5, 0.6) is 5.75 Å². The molecule has 1 fully saturated rings. The fraction of sp³-hybridized carbons (Fsp3) is 0.238. The summed E-state index contributed by atoms with van der Waals surface area (Å²) in [5.41, 5.74) is 0.279. The number of nitrogens with one attached hydrogen (secondary N) is 2. The van der Waals surface area contributed by atoms with Gasteiger partial charge in [0.05, 0.1) is 7.11 Å². The average molecular weight is 408 g/mol. The predicted molar refractivity (Wildman–Crippen MR) is 108 cm³/mol. The first-order chi connectivity index (χ1) is 14.4. The molecule has 2 aliphatic heterocycles. The van der Waals surface area contributed by atoms with Crippen molar-refractivity contribution in [2.45, 2.75) is 6.10 Å². The number of barbiturate groups is 1. The Morgan fingerprint density at radius 3 is 2.10 bits per heavy atom. The Bertz CT molecular complexity index is 1020. The van der Waals surface area contributed by atoms with E-state index in [0.29, 0.717) is 16.9 Å². The molecule has 2 aromatic carbocycles. The molecule has 30 heavy (non-hydrogen) atoms. The number of methoxy groups -OCH3 is 1. The molecule has 0 aromatic heterocycles. The minimum absolute atomic E-state index is 0.120. The number of amides is 4. The lowest BCUT2D eigenvalue weighted by Crippen LogP contribution is -2.66. The van der Waals surface area contributed by atoms with Gasteiger partial charge in [-0.05, 0) is 42.0 Å². The van der Waals surface area contributed by atoms with Gasteiger partial charge in [-0.1, -0.05) is 17.3 Å². The standard InChI is InChI=1S/C21H20N4O5/c1-25(2)14-8-4-13(5-9-14)17-21(18(26)22-20(28)23-19(21)27)16(24-30-17)12-6-10-15(29-3)11-7-12/h4-11,17H,1-3H3,(H2,22,23,26,27,28). The van der Waals surface area contributed by atoms with Crippen LogP contribution < -0.4 is 20.3 Å². The third kappa shape index (κ3) is 2.86. The largest absolute Gasteiger partial charge is 0.497 e. The van der Waals surface area contributed by atoms with E-state index in [2.05, 4.69) is 15.8 Å². The summed E-state index contributed by atoms with van der Waals surface area (Å²) in [5.74, 6) is -0.967. The molecule has 0 radical (unpaired) electrons. The van der Waals surface area contributed by atoms with Gasteiger partial charge in [0, 0.05) is 25.3 Å². The Morgan fingerprint density at radius 2 is 1.57 bits per heavy atom. The smallest absolute Gasteiger partial charge is 0.328 e. The highest BCUT2D eigenvalue weighted by atomic mass is 16.6. The third-order valence-corrected chi connectivity index (χ3v) is 5.26. The van der Waals surface area contributed by atoms with Crippen LogP contribution in [-0.2, 0) is 14.4 Å². The van der Waals surface area contributed by atoms with Gasteiger partial charge in [-0.3, -0.25) is 20.2 Å². The van der Waals surface area contributed by atoms with Crippen LogP contribution in [-0.4, -0.2) is 44.8 Å². The molecule has 0 saturated carbocycles. The number of imide groups is 2. The number of hydrogen-bond acceptors (Lipinski definition) is 7. The minimum Gasteiger partial charge on any atom is -0.497 e. The first-order valence-electron chi connectivity index (χ1n) is 9.20. The van der Waals surface area contributed by atoms with Crippen molar-refractivity contribution in [1.82, 2.24) is 10.6 Å². The zero-order valence-electron chi connectivity index (χ0n) is 16.6. The molecule has 154 valence electrons. The molecule has 2 aromatic rings. The van der Waals surface area contributed by atoms with Gasteiger partial charge in [0.15, 0.2) is 6.10 Å². The lowest BCUT2D eigenvalue weighted by Gasteiger charge is -2.34. The number of benzene rings is 2. The summed E-state index contributed by atoms with van der Waals surface area (Å²) in [6.07, 6.45) is -1.04. The second-order valence-electron chi connectivity index (χ2n) is 7.19. The first-order valence-corrected chi connectivity index (χ1v) is 9.20. The van der Waals surface area contributed by atoms with Crippen molar-refractivity contribution < 1.29 is 24.0 Å². The van der Waals surface area contributed by atoms with Gasteiger partial charge in [-0.25, -0.2) is 4.79 Å². The Morgan fingerprint density at radius 1 is 0.967 bits per heavy atom. The van der Waals surface area contributed by atoms with Crippen LogP contribution in [0.2, 0.25) is 0 Å². The number of anilines is 1. The zero-order chi connectivity index (χ0) is 21.5. The minimum atomic E-state index is -1.86.